The first kappa shape index (κ1) is 16.4. The van der Waals surface area contributed by atoms with E-state index in [0.717, 1.165) is 12.8 Å². The van der Waals surface area contributed by atoms with E-state index in [1.54, 1.807) is 0 Å². The average molecular weight is 345 g/mol. The molecule has 110 valence electrons. The zero-order chi connectivity index (χ0) is 15.1. The van der Waals surface area contributed by atoms with Crippen LogP contribution in [-0.2, 0) is 0 Å². The number of hydrogen-bond acceptors (Lipinski definition) is 4. The number of para-hydroxylation sites is 1. The van der Waals surface area contributed by atoms with E-state index in [4.69, 9.17) is 4.74 Å². The van der Waals surface area contributed by atoms with Gasteiger partial charge in [0.15, 0.2) is 0 Å². The van der Waals surface area contributed by atoms with Crippen molar-refractivity contribution in [2.24, 2.45) is 0 Å². The van der Waals surface area contributed by atoms with Crippen molar-refractivity contribution in [1.82, 2.24) is 5.32 Å². The SMILES string of the molecule is COc1c(C(=O)NCCCC(C)Br)cccc1[N+](=O)[O-]. The van der Waals surface area contributed by atoms with Crippen molar-refractivity contribution in [3.63, 3.8) is 0 Å². The molecule has 0 heterocycles. The fourth-order valence-corrected chi connectivity index (χ4v) is 2.07. The van der Waals surface area contributed by atoms with E-state index in [-0.39, 0.29) is 22.9 Å². The summed E-state index contributed by atoms with van der Waals surface area (Å²) in [4.78, 5) is 22.7. The zero-order valence-corrected chi connectivity index (χ0v) is 13.0. The molecule has 7 heteroatoms. The Morgan fingerprint density at radius 2 is 2.25 bits per heavy atom. The summed E-state index contributed by atoms with van der Waals surface area (Å²) in [6.07, 6.45) is 1.77. The summed E-state index contributed by atoms with van der Waals surface area (Å²) in [5, 5.41) is 13.6. The number of nitro groups is 1. The minimum Gasteiger partial charge on any atom is -0.490 e. The molecule has 1 aromatic rings. The molecule has 0 aromatic heterocycles. The molecule has 1 atom stereocenters. The van der Waals surface area contributed by atoms with Crippen LogP contribution in [-0.4, -0.2) is 29.3 Å². The summed E-state index contributed by atoms with van der Waals surface area (Å²) in [6.45, 7) is 2.55. The lowest BCUT2D eigenvalue weighted by molar-refractivity contribution is -0.385. The van der Waals surface area contributed by atoms with Gasteiger partial charge >= 0.3 is 5.69 Å². The molecule has 0 saturated carbocycles. The highest BCUT2D eigenvalue weighted by atomic mass is 79.9. The number of hydrogen-bond donors (Lipinski definition) is 1. The summed E-state index contributed by atoms with van der Waals surface area (Å²) in [5.41, 5.74) is -0.0391. The van der Waals surface area contributed by atoms with Crippen molar-refractivity contribution in [1.29, 1.82) is 0 Å². The molecule has 0 spiro atoms. The van der Waals surface area contributed by atoms with Crippen LogP contribution in [0, 0.1) is 10.1 Å². The Morgan fingerprint density at radius 3 is 2.80 bits per heavy atom. The monoisotopic (exact) mass is 344 g/mol. The Morgan fingerprint density at radius 1 is 1.55 bits per heavy atom. The number of nitro benzene ring substituents is 1. The summed E-state index contributed by atoms with van der Waals surface area (Å²) in [5.74, 6) is -0.378. The molecule has 1 N–H and O–H groups in total. The number of methoxy groups -OCH3 is 1. The number of amides is 1. The molecule has 0 aliphatic carbocycles. The van der Waals surface area contributed by atoms with Crippen molar-refractivity contribution in [3.8, 4) is 5.75 Å². The molecular weight excluding hydrogens is 328 g/mol. The number of alkyl halides is 1. The minimum atomic E-state index is -0.567. The number of rotatable bonds is 7. The van der Waals surface area contributed by atoms with Gasteiger partial charge in [0.2, 0.25) is 5.75 Å². The highest BCUT2D eigenvalue weighted by Gasteiger charge is 2.22. The van der Waals surface area contributed by atoms with Gasteiger partial charge in [-0.15, -0.1) is 0 Å². The van der Waals surface area contributed by atoms with E-state index in [2.05, 4.69) is 21.2 Å². The third-order valence-corrected chi connectivity index (χ3v) is 3.16. The molecule has 0 radical (unpaired) electrons. The Labute approximate surface area is 125 Å². The second-order valence-electron chi connectivity index (χ2n) is 4.29. The zero-order valence-electron chi connectivity index (χ0n) is 11.4. The Balaban J connectivity index is 2.77. The van der Waals surface area contributed by atoms with Crippen molar-refractivity contribution >= 4 is 27.5 Å². The summed E-state index contributed by atoms with van der Waals surface area (Å²) < 4.78 is 4.99. The number of nitrogens with zero attached hydrogens (tertiary/aromatic N) is 1. The maximum absolute atomic E-state index is 12.0. The molecule has 0 aliphatic rings. The van der Waals surface area contributed by atoms with E-state index >= 15 is 0 Å². The normalized spacial score (nSPS) is 11.8. The molecule has 1 amide bonds. The average Bonchev–Trinajstić information content (AvgIpc) is 2.42. The lowest BCUT2D eigenvalue weighted by atomic mass is 10.1. The largest absolute Gasteiger partial charge is 0.490 e. The quantitative estimate of drug-likeness (QED) is 0.357. The van der Waals surface area contributed by atoms with Crippen LogP contribution in [0.3, 0.4) is 0 Å². The van der Waals surface area contributed by atoms with Crippen LogP contribution < -0.4 is 10.1 Å². The van der Waals surface area contributed by atoms with Gasteiger partial charge in [-0.2, -0.15) is 0 Å². The molecule has 1 aromatic carbocycles. The van der Waals surface area contributed by atoms with Crippen LogP contribution in [0.15, 0.2) is 18.2 Å². The Kier molecular flexibility index (Phi) is 6.44. The second kappa shape index (κ2) is 7.84. The number of halogens is 1. The van der Waals surface area contributed by atoms with Crippen LogP contribution in [0.5, 0.6) is 5.75 Å². The minimum absolute atomic E-state index is 0.0103. The molecule has 1 unspecified atom stereocenters. The first-order valence-corrected chi connectivity index (χ1v) is 7.12. The van der Waals surface area contributed by atoms with Crippen LogP contribution in [0.25, 0.3) is 0 Å². The summed E-state index contributed by atoms with van der Waals surface area (Å²) in [7, 11) is 1.31. The molecule has 6 nitrogen and oxygen atoms in total. The van der Waals surface area contributed by atoms with E-state index in [1.165, 1.54) is 25.3 Å². The fraction of sp³-hybridized carbons (Fsp3) is 0.462. The van der Waals surface area contributed by atoms with Gasteiger partial charge in [0.25, 0.3) is 5.91 Å². The molecule has 1 rings (SSSR count). The maximum atomic E-state index is 12.0. The Bertz CT molecular complexity index is 491. The third-order valence-electron chi connectivity index (χ3n) is 2.70. The van der Waals surface area contributed by atoms with Gasteiger partial charge in [0, 0.05) is 17.4 Å². The molecule has 0 saturated heterocycles. The van der Waals surface area contributed by atoms with E-state index in [1.807, 2.05) is 6.92 Å². The summed E-state index contributed by atoms with van der Waals surface area (Å²) >= 11 is 3.43. The molecule has 20 heavy (non-hydrogen) atoms. The highest BCUT2D eigenvalue weighted by molar-refractivity contribution is 9.09. The molecule has 0 bridgehead atoms. The number of carbonyl (C=O) groups is 1. The number of carbonyl (C=O) groups excluding carboxylic acids is 1. The van der Waals surface area contributed by atoms with Crippen molar-refractivity contribution in [2.45, 2.75) is 24.6 Å². The predicted molar refractivity (Wildman–Crippen MR) is 79.6 cm³/mol. The second-order valence-corrected chi connectivity index (χ2v) is 5.86. The van der Waals surface area contributed by atoms with Gasteiger partial charge in [0.05, 0.1) is 17.6 Å². The van der Waals surface area contributed by atoms with E-state index < -0.39 is 4.92 Å². The van der Waals surface area contributed by atoms with E-state index in [0.29, 0.717) is 11.4 Å². The van der Waals surface area contributed by atoms with Crippen LogP contribution in [0.1, 0.15) is 30.1 Å². The molecule has 0 aliphatic heterocycles. The van der Waals surface area contributed by atoms with Gasteiger partial charge in [-0.1, -0.05) is 28.9 Å². The fourth-order valence-electron chi connectivity index (χ4n) is 1.74. The van der Waals surface area contributed by atoms with Crippen molar-refractivity contribution in [2.75, 3.05) is 13.7 Å². The first-order chi connectivity index (χ1) is 9.47. The standard InChI is InChI=1S/C13H17BrN2O4/c1-9(14)5-4-8-15-13(17)10-6-3-7-11(16(18)19)12(10)20-2/h3,6-7,9H,4-5,8H2,1-2H3,(H,15,17). The first-order valence-electron chi connectivity index (χ1n) is 6.21. The number of benzene rings is 1. The van der Waals surface area contributed by atoms with Gasteiger partial charge in [-0.3, -0.25) is 14.9 Å². The smallest absolute Gasteiger partial charge is 0.311 e. The van der Waals surface area contributed by atoms with Gasteiger partial charge in [-0.05, 0) is 18.9 Å². The van der Waals surface area contributed by atoms with Gasteiger partial charge in [0.1, 0.15) is 0 Å². The van der Waals surface area contributed by atoms with Crippen molar-refractivity contribution in [3.05, 3.63) is 33.9 Å². The topological polar surface area (TPSA) is 81.5 Å². The van der Waals surface area contributed by atoms with Crippen LogP contribution in [0.4, 0.5) is 5.69 Å². The number of ether oxygens (including phenoxy) is 1. The maximum Gasteiger partial charge on any atom is 0.311 e. The third kappa shape index (κ3) is 4.48. The van der Waals surface area contributed by atoms with Crippen LogP contribution >= 0.6 is 15.9 Å². The highest BCUT2D eigenvalue weighted by Crippen LogP contribution is 2.30. The summed E-state index contributed by atoms with van der Waals surface area (Å²) in [6, 6.07) is 4.28. The van der Waals surface area contributed by atoms with E-state index in [9.17, 15) is 14.9 Å². The lowest BCUT2D eigenvalue weighted by Gasteiger charge is -2.09. The predicted octanol–water partition coefficient (Wildman–Crippen LogP) is 2.90. The molecular formula is C13H17BrN2O4. The van der Waals surface area contributed by atoms with Gasteiger partial charge < -0.3 is 10.1 Å². The van der Waals surface area contributed by atoms with Crippen LogP contribution in [0.2, 0.25) is 0 Å². The van der Waals surface area contributed by atoms with Gasteiger partial charge in [-0.25, -0.2) is 0 Å². The number of nitrogens with one attached hydrogen (secondary N) is 1. The Hall–Kier alpha value is -1.63. The lowest BCUT2D eigenvalue weighted by Crippen LogP contribution is -2.25. The van der Waals surface area contributed by atoms with Crippen molar-refractivity contribution < 1.29 is 14.5 Å². The molecule has 0 fully saturated rings.